The minimum atomic E-state index is -1.43. The predicted molar refractivity (Wildman–Crippen MR) is 138 cm³/mol. The highest BCUT2D eigenvalue weighted by molar-refractivity contribution is 6.59. The molecule has 4 N–H and O–H groups in total. The standard InChI is InChI=1S/C25H40B2N2O4/c1-3-17-29(21-23-14-8-10-16-25(23)27(32)33)19-12-6-5-11-18-28(4-2)20-22-13-7-9-15-24(22)26(30)31/h7-10,13-16,30-33H,3-6,11-12,17-21H2,1-2H3. The molecule has 180 valence electrons. The van der Waals surface area contributed by atoms with Crippen LogP contribution in [0.15, 0.2) is 48.5 Å². The Balaban J connectivity index is 1.74. The first-order valence-electron chi connectivity index (χ1n) is 12.3. The van der Waals surface area contributed by atoms with Crippen molar-refractivity contribution in [3.05, 3.63) is 59.7 Å². The first kappa shape index (κ1) is 27.6. The van der Waals surface area contributed by atoms with E-state index in [1.54, 1.807) is 12.1 Å². The van der Waals surface area contributed by atoms with E-state index in [4.69, 9.17) is 0 Å². The van der Waals surface area contributed by atoms with Crippen LogP contribution >= 0.6 is 0 Å². The molecule has 0 saturated heterocycles. The lowest BCUT2D eigenvalue weighted by Gasteiger charge is -2.24. The zero-order chi connectivity index (χ0) is 24.1. The van der Waals surface area contributed by atoms with E-state index in [9.17, 15) is 20.1 Å². The smallest absolute Gasteiger partial charge is 0.423 e. The van der Waals surface area contributed by atoms with Crippen LogP contribution < -0.4 is 10.9 Å². The lowest BCUT2D eigenvalue weighted by atomic mass is 9.77. The fourth-order valence-corrected chi connectivity index (χ4v) is 4.30. The summed E-state index contributed by atoms with van der Waals surface area (Å²) in [5.41, 5.74) is 3.13. The molecule has 2 aromatic rings. The van der Waals surface area contributed by atoms with Crippen molar-refractivity contribution in [1.29, 1.82) is 0 Å². The predicted octanol–water partition coefficient (Wildman–Crippen LogP) is 1.34. The van der Waals surface area contributed by atoms with Crippen molar-refractivity contribution in [2.75, 3.05) is 26.2 Å². The lowest BCUT2D eigenvalue weighted by Crippen LogP contribution is -2.36. The molecule has 6 nitrogen and oxygen atoms in total. The second-order valence-corrected chi connectivity index (χ2v) is 8.70. The summed E-state index contributed by atoms with van der Waals surface area (Å²) in [4.78, 5) is 4.75. The van der Waals surface area contributed by atoms with Gasteiger partial charge in [0.1, 0.15) is 0 Å². The van der Waals surface area contributed by atoms with Gasteiger partial charge < -0.3 is 20.1 Å². The van der Waals surface area contributed by atoms with Gasteiger partial charge in [0, 0.05) is 13.1 Å². The zero-order valence-electron chi connectivity index (χ0n) is 20.2. The van der Waals surface area contributed by atoms with E-state index in [-0.39, 0.29) is 0 Å². The van der Waals surface area contributed by atoms with Crippen LogP contribution in [-0.2, 0) is 13.1 Å². The Labute approximate surface area is 200 Å². The number of benzene rings is 2. The lowest BCUT2D eigenvalue weighted by molar-refractivity contribution is 0.253. The summed E-state index contributed by atoms with van der Waals surface area (Å²) in [5, 5.41) is 38.4. The monoisotopic (exact) mass is 454 g/mol. The highest BCUT2D eigenvalue weighted by Crippen LogP contribution is 2.10. The fourth-order valence-electron chi connectivity index (χ4n) is 4.30. The molecule has 33 heavy (non-hydrogen) atoms. The molecule has 0 spiro atoms. The van der Waals surface area contributed by atoms with Crippen LogP contribution in [0.1, 0.15) is 57.1 Å². The summed E-state index contributed by atoms with van der Waals surface area (Å²) in [6.07, 6.45) is 5.63. The third-order valence-corrected chi connectivity index (χ3v) is 6.14. The van der Waals surface area contributed by atoms with Crippen LogP contribution in [0, 0.1) is 0 Å². The van der Waals surface area contributed by atoms with Gasteiger partial charge in [0.05, 0.1) is 0 Å². The maximum atomic E-state index is 9.63. The van der Waals surface area contributed by atoms with Crippen molar-refractivity contribution in [2.24, 2.45) is 0 Å². The summed E-state index contributed by atoms with van der Waals surface area (Å²) < 4.78 is 0. The van der Waals surface area contributed by atoms with Gasteiger partial charge in [-0.2, -0.15) is 0 Å². The number of hydrogen-bond acceptors (Lipinski definition) is 6. The van der Waals surface area contributed by atoms with Crippen LogP contribution in [-0.4, -0.2) is 70.3 Å². The molecule has 2 rings (SSSR count). The van der Waals surface area contributed by atoms with Crippen LogP contribution in [0.5, 0.6) is 0 Å². The van der Waals surface area contributed by atoms with Crippen LogP contribution in [0.2, 0.25) is 0 Å². The second-order valence-electron chi connectivity index (χ2n) is 8.70. The van der Waals surface area contributed by atoms with E-state index < -0.39 is 14.2 Å². The zero-order valence-corrected chi connectivity index (χ0v) is 20.2. The van der Waals surface area contributed by atoms with Gasteiger partial charge in [-0.3, -0.25) is 9.80 Å². The van der Waals surface area contributed by atoms with Gasteiger partial charge in [-0.15, -0.1) is 0 Å². The average molecular weight is 454 g/mol. The van der Waals surface area contributed by atoms with Crippen molar-refractivity contribution < 1.29 is 20.1 Å². The molecule has 0 saturated carbocycles. The molecule has 0 heterocycles. The Hall–Kier alpha value is -1.67. The van der Waals surface area contributed by atoms with E-state index in [0.29, 0.717) is 10.9 Å². The largest absolute Gasteiger partial charge is 0.488 e. The third kappa shape index (κ3) is 9.61. The topological polar surface area (TPSA) is 87.4 Å². The molecule has 0 radical (unpaired) electrons. The fraction of sp³-hybridized carbons (Fsp3) is 0.520. The molecule has 0 fully saturated rings. The molecule has 0 unspecified atom stereocenters. The van der Waals surface area contributed by atoms with Gasteiger partial charge in [0.15, 0.2) is 0 Å². The van der Waals surface area contributed by atoms with Crippen LogP contribution in [0.3, 0.4) is 0 Å². The van der Waals surface area contributed by atoms with Crippen molar-refractivity contribution in [3.63, 3.8) is 0 Å². The maximum Gasteiger partial charge on any atom is 0.488 e. The number of unbranched alkanes of at least 4 members (excludes halogenated alkanes) is 3. The molecule has 2 aromatic carbocycles. The first-order chi connectivity index (χ1) is 16.0. The van der Waals surface area contributed by atoms with Crippen molar-refractivity contribution in [1.82, 2.24) is 9.80 Å². The van der Waals surface area contributed by atoms with Gasteiger partial charge in [-0.25, -0.2) is 0 Å². The summed E-state index contributed by atoms with van der Waals surface area (Å²) in [6, 6.07) is 15.1. The Kier molecular flexibility index (Phi) is 12.8. The molecule has 8 heteroatoms. The Morgan fingerprint density at radius 1 is 0.606 bits per heavy atom. The summed E-state index contributed by atoms with van der Waals surface area (Å²) >= 11 is 0. The average Bonchev–Trinajstić information content (AvgIpc) is 2.80. The molecular formula is C25H40B2N2O4. The van der Waals surface area contributed by atoms with E-state index in [1.807, 2.05) is 36.4 Å². The number of nitrogens with zero attached hydrogens (tertiary/aromatic N) is 2. The molecule has 0 aliphatic rings. The Morgan fingerprint density at radius 2 is 1.06 bits per heavy atom. The van der Waals surface area contributed by atoms with E-state index >= 15 is 0 Å². The SMILES string of the molecule is CCCN(CCCCCCN(CC)Cc1ccccc1B(O)O)Cc1ccccc1B(O)O. The van der Waals surface area contributed by atoms with Gasteiger partial charge in [-0.1, -0.05) is 75.2 Å². The van der Waals surface area contributed by atoms with Gasteiger partial charge in [0.25, 0.3) is 0 Å². The van der Waals surface area contributed by atoms with Crippen molar-refractivity contribution >= 4 is 25.2 Å². The van der Waals surface area contributed by atoms with E-state index in [1.165, 1.54) is 0 Å². The van der Waals surface area contributed by atoms with Gasteiger partial charge >= 0.3 is 14.2 Å². The first-order valence-corrected chi connectivity index (χ1v) is 12.3. The number of rotatable bonds is 16. The Bertz CT molecular complexity index is 807. The van der Waals surface area contributed by atoms with Crippen molar-refractivity contribution in [2.45, 2.75) is 59.0 Å². The number of hydrogen-bond donors (Lipinski definition) is 4. The molecule has 0 aliphatic carbocycles. The molecule has 0 aromatic heterocycles. The molecular weight excluding hydrogens is 414 g/mol. The summed E-state index contributed by atoms with van der Waals surface area (Å²) in [6.45, 7) is 9.70. The van der Waals surface area contributed by atoms with E-state index in [0.717, 1.165) is 82.5 Å². The minimum absolute atomic E-state index is 0.585. The quantitative estimate of drug-likeness (QED) is 0.226. The maximum absolute atomic E-state index is 9.63. The molecule has 0 atom stereocenters. The van der Waals surface area contributed by atoms with Crippen molar-refractivity contribution in [3.8, 4) is 0 Å². The highest BCUT2D eigenvalue weighted by Gasteiger charge is 2.18. The third-order valence-electron chi connectivity index (χ3n) is 6.14. The van der Waals surface area contributed by atoms with E-state index in [2.05, 4.69) is 23.6 Å². The summed E-state index contributed by atoms with van der Waals surface area (Å²) in [7, 11) is -2.86. The van der Waals surface area contributed by atoms with Crippen LogP contribution in [0.25, 0.3) is 0 Å². The normalized spacial score (nSPS) is 11.4. The molecule has 0 aliphatic heterocycles. The second kappa shape index (κ2) is 15.3. The Morgan fingerprint density at radius 3 is 1.52 bits per heavy atom. The molecule has 0 bridgehead atoms. The van der Waals surface area contributed by atoms with Gasteiger partial charge in [-0.05, 0) is 67.5 Å². The minimum Gasteiger partial charge on any atom is -0.423 e. The van der Waals surface area contributed by atoms with Crippen LogP contribution in [0.4, 0.5) is 0 Å². The summed E-state index contributed by atoms with van der Waals surface area (Å²) in [5.74, 6) is 0. The highest BCUT2D eigenvalue weighted by atomic mass is 16.4. The molecule has 0 amide bonds. The van der Waals surface area contributed by atoms with Gasteiger partial charge in [0.2, 0.25) is 0 Å².